The van der Waals surface area contributed by atoms with Crippen molar-refractivity contribution in [1.82, 2.24) is 0 Å². The van der Waals surface area contributed by atoms with Gasteiger partial charge in [0.1, 0.15) is 0 Å². The lowest BCUT2D eigenvalue weighted by atomic mass is 9.87. The second-order valence-corrected chi connectivity index (χ2v) is 9.61. The Labute approximate surface area is 203 Å². The van der Waals surface area contributed by atoms with Gasteiger partial charge in [-0.05, 0) is 61.9 Å². The number of nitrogens with zero attached hydrogens (tertiary/aromatic N) is 1. The highest BCUT2D eigenvalue weighted by atomic mass is 32.1. The molecular weight excluding hydrogens is 448 g/mol. The lowest BCUT2D eigenvalue weighted by molar-refractivity contribution is -0.153. The Hall–Kier alpha value is -3.45. The summed E-state index contributed by atoms with van der Waals surface area (Å²) >= 11 is 1.50. The summed E-state index contributed by atoms with van der Waals surface area (Å²) < 4.78 is 5.48. The van der Waals surface area contributed by atoms with Crippen LogP contribution < -0.4 is 10.2 Å². The van der Waals surface area contributed by atoms with E-state index >= 15 is 0 Å². The molecule has 2 amide bonds. The van der Waals surface area contributed by atoms with E-state index in [2.05, 4.69) is 5.32 Å². The Kier molecular flexibility index (Phi) is 7.12. The van der Waals surface area contributed by atoms with Gasteiger partial charge < -0.3 is 15.0 Å². The van der Waals surface area contributed by atoms with Crippen molar-refractivity contribution in [2.24, 2.45) is 5.92 Å². The number of hydrogen-bond donors (Lipinski definition) is 1. The van der Waals surface area contributed by atoms with Crippen LogP contribution in [-0.2, 0) is 19.1 Å². The van der Waals surface area contributed by atoms with Gasteiger partial charge in [0.15, 0.2) is 6.61 Å². The molecule has 7 heteroatoms. The van der Waals surface area contributed by atoms with E-state index in [-0.39, 0.29) is 24.8 Å². The third kappa shape index (κ3) is 5.04. The molecule has 1 aromatic heterocycles. The van der Waals surface area contributed by atoms with Gasteiger partial charge in [-0.3, -0.25) is 14.4 Å². The average Bonchev–Trinajstić information content (AvgIpc) is 3.35. The number of para-hydroxylation sites is 1. The summed E-state index contributed by atoms with van der Waals surface area (Å²) in [6.07, 6.45) is 0.616. The van der Waals surface area contributed by atoms with Crippen LogP contribution in [0.2, 0.25) is 0 Å². The number of ether oxygens (including phenoxy) is 1. The second-order valence-electron chi connectivity index (χ2n) is 8.63. The molecule has 0 spiro atoms. The van der Waals surface area contributed by atoms with Gasteiger partial charge in [-0.25, -0.2) is 0 Å². The van der Waals surface area contributed by atoms with Gasteiger partial charge in [0.2, 0.25) is 5.91 Å². The van der Waals surface area contributed by atoms with Crippen LogP contribution in [0.5, 0.6) is 0 Å². The summed E-state index contributed by atoms with van der Waals surface area (Å²) in [7, 11) is 0. The van der Waals surface area contributed by atoms with E-state index in [1.165, 1.54) is 11.3 Å². The van der Waals surface area contributed by atoms with E-state index in [4.69, 9.17) is 4.74 Å². The number of hydrogen-bond acceptors (Lipinski definition) is 5. The van der Waals surface area contributed by atoms with Crippen molar-refractivity contribution in [3.8, 4) is 0 Å². The second kappa shape index (κ2) is 10.2. The maximum absolute atomic E-state index is 13.2. The Morgan fingerprint density at radius 2 is 1.74 bits per heavy atom. The van der Waals surface area contributed by atoms with Crippen LogP contribution in [-0.4, -0.2) is 24.4 Å². The fourth-order valence-electron chi connectivity index (χ4n) is 4.37. The van der Waals surface area contributed by atoms with Crippen LogP contribution in [0.1, 0.15) is 40.5 Å². The number of carbonyl (C=O) groups is 3. The van der Waals surface area contributed by atoms with Gasteiger partial charge in [-0.15, -0.1) is 11.3 Å². The van der Waals surface area contributed by atoms with Crippen molar-refractivity contribution in [2.45, 2.75) is 39.7 Å². The van der Waals surface area contributed by atoms with Crippen LogP contribution in [0, 0.1) is 26.7 Å². The van der Waals surface area contributed by atoms with Gasteiger partial charge in [0.25, 0.3) is 5.91 Å². The summed E-state index contributed by atoms with van der Waals surface area (Å²) in [5.74, 6) is -1.45. The number of aryl methyl sites for hydroxylation is 3. The van der Waals surface area contributed by atoms with E-state index in [9.17, 15) is 14.4 Å². The molecule has 2 aromatic carbocycles. The quantitative estimate of drug-likeness (QED) is 0.487. The molecule has 0 radical (unpaired) electrons. The molecule has 4 rings (SSSR count). The Morgan fingerprint density at radius 3 is 2.38 bits per heavy atom. The van der Waals surface area contributed by atoms with Gasteiger partial charge in [-0.1, -0.05) is 42.0 Å². The highest BCUT2D eigenvalue weighted by molar-refractivity contribution is 7.10. The number of amides is 2. The molecular formula is C27H28N2O4S. The van der Waals surface area contributed by atoms with Crippen LogP contribution >= 0.6 is 11.3 Å². The van der Waals surface area contributed by atoms with Crippen molar-refractivity contribution in [2.75, 3.05) is 16.8 Å². The third-order valence-electron chi connectivity index (χ3n) is 6.14. The van der Waals surface area contributed by atoms with E-state index in [0.29, 0.717) is 6.42 Å². The smallest absolute Gasteiger partial charge is 0.311 e. The zero-order valence-electron chi connectivity index (χ0n) is 19.5. The SMILES string of the molecule is Cc1ccc(N2C(=O)CCC(C(=O)OCC(=O)Nc3c(C)cccc3C)C2c2cccs2)cc1. The Balaban J connectivity index is 1.52. The van der Waals surface area contributed by atoms with Crippen LogP contribution in [0.15, 0.2) is 60.0 Å². The molecule has 0 aliphatic carbocycles. The molecule has 3 aromatic rings. The van der Waals surface area contributed by atoms with Gasteiger partial charge >= 0.3 is 5.97 Å². The number of carbonyl (C=O) groups excluding carboxylic acids is 3. The summed E-state index contributed by atoms with van der Waals surface area (Å²) in [5.41, 5.74) is 4.45. The van der Waals surface area contributed by atoms with Crippen LogP contribution in [0.4, 0.5) is 11.4 Å². The average molecular weight is 477 g/mol. The zero-order valence-corrected chi connectivity index (χ0v) is 20.4. The molecule has 1 aliphatic rings. The fourth-order valence-corrected chi connectivity index (χ4v) is 5.25. The largest absolute Gasteiger partial charge is 0.455 e. The molecule has 1 aliphatic heterocycles. The van der Waals surface area contributed by atoms with Crippen molar-refractivity contribution in [3.63, 3.8) is 0 Å². The predicted molar refractivity (Wildman–Crippen MR) is 134 cm³/mol. The first-order chi connectivity index (χ1) is 16.3. The normalized spacial score (nSPS) is 18.0. The molecule has 2 atom stereocenters. The van der Waals surface area contributed by atoms with Gasteiger partial charge in [0.05, 0.1) is 12.0 Å². The fraction of sp³-hybridized carbons (Fsp3) is 0.296. The zero-order chi connectivity index (χ0) is 24.2. The summed E-state index contributed by atoms with van der Waals surface area (Å²) in [6.45, 7) is 5.44. The van der Waals surface area contributed by atoms with Crippen LogP contribution in [0.25, 0.3) is 0 Å². The third-order valence-corrected chi connectivity index (χ3v) is 7.08. The highest BCUT2D eigenvalue weighted by Crippen LogP contribution is 2.42. The van der Waals surface area contributed by atoms with E-state index in [1.807, 2.05) is 80.7 Å². The van der Waals surface area contributed by atoms with Crippen LogP contribution in [0.3, 0.4) is 0 Å². The van der Waals surface area contributed by atoms with E-state index in [0.717, 1.165) is 32.9 Å². The van der Waals surface area contributed by atoms with Gasteiger partial charge in [0, 0.05) is 22.7 Å². The summed E-state index contributed by atoms with van der Waals surface area (Å²) in [6, 6.07) is 16.8. The molecule has 0 saturated carbocycles. The number of nitrogens with one attached hydrogen (secondary N) is 1. The minimum Gasteiger partial charge on any atom is -0.455 e. The topological polar surface area (TPSA) is 75.7 Å². The number of esters is 1. The molecule has 34 heavy (non-hydrogen) atoms. The first kappa shape index (κ1) is 23.7. The van der Waals surface area contributed by atoms with Crippen molar-refractivity contribution >= 4 is 40.5 Å². The highest BCUT2D eigenvalue weighted by Gasteiger charge is 2.43. The minimum atomic E-state index is -0.564. The minimum absolute atomic E-state index is 0.0286. The first-order valence-corrected chi connectivity index (χ1v) is 12.2. The molecule has 1 fully saturated rings. The molecule has 1 saturated heterocycles. The first-order valence-electron chi connectivity index (χ1n) is 11.3. The number of piperidine rings is 1. The number of thiophene rings is 1. The number of rotatable bonds is 6. The summed E-state index contributed by atoms with van der Waals surface area (Å²) in [5, 5.41) is 4.78. The summed E-state index contributed by atoms with van der Waals surface area (Å²) in [4.78, 5) is 41.3. The molecule has 2 heterocycles. The Morgan fingerprint density at radius 1 is 1.03 bits per heavy atom. The van der Waals surface area contributed by atoms with Gasteiger partial charge in [-0.2, -0.15) is 0 Å². The molecule has 0 bridgehead atoms. The number of anilines is 2. The van der Waals surface area contributed by atoms with Crippen molar-refractivity contribution < 1.29 is 19.1 Å². The van der Waals surface area contributed by atoms with Crippen molar-refractivity contribution in [1.29, 1.82) is 0 Å². The van der Waals surface area contributed by atoms with Crippen molar-refractivity contribution in [3.05, 3.63) is 81.5 Å². The molecule has 6 nitrogen and oxygen atoms in total. The standard InChI is InChI=1S/C27H28N2O4S/c1-17-9-11-20(12-10-17)29-24(31)14-13-21(26(29)22-8-5-15-34-22)27(32)33-16-23(30)28-25-18(2)6-4-7-19(25)3/h4-12,15,21,26H,13-14,16H2,1-3H3,(H,28,30). The predicted octanol–water partition coefficient (Wildman–Crippen LogP) is 5.34. The number of benzene rings is 2. The van der Waals surface area contributed by atoms with E-state index < -0.39 is 17.9 Å². The Bertz CT molecular complexity index is 1170. The van der Waals surface area contributed by atoms with E-state index in [1.54, 1.807) is 4.90 Å². The molecule has 2 unspecified atom stereocenters. The molecule has 176 valence electrons. The lowest BCUT2D eigenvalue weighted by Crippen LogP contribution is -2.46. The maximum atomic E-state index is 13.2. The molecule has 1 N–H and O–H groups in total. The maximum Gasteiger partial charge on any atom is 0.311 e. The monoisotopic (exact) mass is 476 g/mol. The lowest BCUT2D eigenvalue weighted by Gasteiger charge is -2.39.